The highest BCUT2D eigenvalue weighted by molar-refractivity contribution is 7.19. The van der Waals surface area contributed by atoms with Crippen LogP contribution in [0, 0.1) is 0 Å². The summed E-state index contributed by atoms with van der Waals surface area (Å²) in [6, 6.07) is 0. The normalized spacial score (nSPS) is 23.1. The largest absolute Gasteiger partial charge is 0.474 e. The smallest absolute Gasteiger partial charge is 0.225 e. The Morgan fingerprint density at radius 3 is 2.87 bits per heavy atom. The molecule has 23 heavy (non-hydrogen) atoms. The van der Waals surface area contributed by atoms with Crippen molar-refractivity contribution in [3.8, 4) is 5.88 Å². The number of aliphatic hydroxyl groups excluding tert-OH is 1. The van der Waals surface area contributed by atoms with Crippen LogP contribution in [0.4, 0.5) is 0 Å². The fraction of sp³-hybridized carbons (Fsp3) is 0.647. The summed E-state index contributed by atoms with van der Waals surface area (Å²) in [4.78, 5) is 11.3. The van der Waals surface area contributed by atoms with Crippen LogP contribution in [-0.2, 0) is 6.42 Å². The first-order valence-electron chi connectivity index (χ1n) is 8.59. The van der Waals surface area contributed by atoms with E-state index < -0.39 is 6.23 Å². The molecule has 1 unspecified atom stereocenters. The molecule has 4 rings (SSSR count). The van der Waals surface area contributed by atoms with E-state index in [0.717, 1.165) is 41.8 Å². The average Bonchev–Trinajstić information content (AvgIpc) is 3.08. The molecule has 3 N–H and O–H groups in total. The topological polar surface area (TPSA) is 81.3 Å². The van der Waals surface area contributed by atoms with E-state index in [1.807, 2.05) is 0 Å². The first kappa shape index (κ1) is 15.3. The number of hydrogen-bond donors (Lipinski definition) is 2. The number of rotatable bonds is 4. The number of aromatic nitrogens is 2. The average molecular weight is 333 g/mol. The van der Waals surface area contributed by atoms with Gasteiger partial charge < -0.3 is 15.6 Å². The van der Waals surface area contributed by atoms with E-state index in [2.05, 4.69) is 9.97 Å². The fourth-order valence-corrected chi connectivity index (χ4v) is 5.23. The van der Waals surface area contributed by atoms with Gasteiger partial charge >= 0.3 is 0 Å². The van der Waals surface area contributed by atoms with Crippen LogP contribution >= 0.6 is 11.3 Å². The molecule has 5 nitrogen and oxygen atoms in total. The van der Waals surface area contributed by atoms with E-state index in [9.17, 15) is 5.11 Å². The van der Waals surface area contributed by atoms with Crippen LogP contribution in [-0.4, -0.2) is 27.4 Å². The van der Waals surface area contributed by atoms with Crippen molar-refractivity contribution in [3.05, 3.63) is 16.8 Å². The maximum absolute atomic E-state index is 9.60. The molecule has 2 heterocycles. The van der Waals surface area contributed by atoms with Crippen LogP contribution in [0.1, 0.15) is 61.3 Å². The molecule has 2 aliphatic carbocycles. The minimum atomic E-state index is -0.770. The SMILES string of the molecule is NC(O)C[C@H]1CCc2sc3ncnc(OC4CCCCC4)c3c21. The lowest BCUT2D eigenvalue weighted by Crippen LogP contribution is -2.21. The predicted molar refractivity (Wildman–Crippen MR) is 90.8 cm³/mol. The minimum Gasteiger partial charge on any atom is -0.474 e. The second-order valence-corrected chi connectivity index (χ2v) is 7.80. The Bertz CT molecular complexity index is 694. The molecule has 2 atom stereocenters. The number of nitrogens with zero attached hydrogens (tertiary/aromatic N) is 2. The lowest BCUT2D eigenvalue weighted by Gasteiger charge is -2.23. The van der Waals surface area contributed by atoms with E-state index in [4.69, 9.17) is 10.5 Å². The molecule has 0 spiro atoms. The van der Waals surface area contributed by atoms with Crippen molar-refractivity contribution in [2.75, 3.05) is 0 Å². The van der Waals surface area contributed by atoms with Crippen molar-refractivity contribution in [1.82, 2.24) is 9.97 Å². The van der Waals surface area contributed by atoms with Crippen molar-refractivity contribution in [2.45, 2.75) is 69.6 Å². The van der Waals surface area contributed by atoms with Gasteiger partial charge in [-0.2, -0.15) is 0 Å². The standard InChI is InChI=1S/C17H23N3O2S/c18-13(21)8-10-6-7-12-14(10)15-16(19-9-20-17(15)23-12)22-11-4-2-1-3-5-11/h9-11,13,21H,1-8,18H2/t10-,13?/m1/s1. The molecule has 0 bridgehead atoms. The minimum absolute atomic E-state index is 0.275. The van der Waals surface area contributed by atoms with Crippen molar-refractivity contribution in [2.24, 2.45) is 5.73 Å². The number of aliphatic hydroxyl groups is 1. The summed E-state index contributed by atoms with van der Waals surface area (Å²) in [7, 11) is 0. The number of hydrogen-bond acceptors (Lipinski definition) is 6. The first-order chi connectivity index (χ1) is 11.2. The number of nitrogens with two attached hydrogens (primary N) is 1. The summed E-state index contributed by atoms with van der Waals surface area (Å²) in [6.07, 6.45) is 9.81. The Morgan fingerprint density at radius 2 is 2.09 bits per heavy atom. The molecule has 0 aliphatic heterocycles. The lowest BCUT2D eigenvalue weighted by molar-refractivity contribution is 0.150. The predicted octanol–water partition coefficient (Wildman–Crippen LogP) is 3.10. The van der Waals surface area contributed by atoms with E-state index >= 15 is 0 Å². The fourth-order valence-electron chi connectivity index (χ4n) is 4.00. The summed E-state index contributed by atoms with van der Waals surface area (Å²) in [6.45, 7) is 0. The van der Waals surface area contributed by atoms with E-state index in [-0.39, 0.29) is 6.10 Å². The summed E-state index contributed by atoms with van der Waals surface area (Å²) in [5.74, 6) is 1.02. The molecule has 1 saturated carbocycles. The highest BCUT2D eigenvalue weighted by Crippen LogP contribution is 2.47. The highest BCUT2D eigenvalue weighted by Gasteiger charge is 2.31. The molecule has 2 aliphatic rings. The van der Waals surface area contributed by atoms with Gasteiger partial charge in [0.2, 0.25) is 5.88 Å². The highest BCUT2D eigenvalue weighted by atomic mass is 32.1. The Balaban J connectivity index is 1.71. The maximum atomic E-state index is 9.60. The Kier molecular flexibility index (Phi) is 4.22. The Labute approximate surface area is 139 Å². The molecule has 6 heteroatoms. The molecule has 2 aromatic rings. The van der Waals surface area contributed by atoms with Gasteiger partial charge in [0.25, 0.3) is 0 Å². The van der Waals surface area contributed by atoms with Crippen molar-refractivity contribution in [3.63, 3.8) is 0 Å². The van der Waals surface area contributed by atoms with Crippen LogP contribution < -0.4 is 10.5 Å². The van der Waals surface area contributed by atoms with E-state index in [1.165, 1.54) is 29.7 Å². The van der Waals surface area contributed by atoms with Gasteiger partial charge in [-0.15, -0.1) is 11.3 Å². The van der Waals surface area contributed by atoms with E-state index in [1.54, 1.807) is 17.7 Å². The molecular weight excluding hydrogens is 310 g/mol. The molecule has 0 radical (unpaired) electrons. The number of fused-ring (bicyclic) bond motifs is 3. The summed E-state index contributed by atoms with van der Waals surface area (Å²) in [5, 5.41) is 10.7. The van der Waals surface area contributed by atoms with Crippen LogP contribution in [0.5, 0.6) is 5.88 Å². The molecule has 1 fully saturated rings. The van der Waals surface area contributed by atoms with Gasteiger partial charge in [0.05, 0.1) is 5.39 Å². The van der Waals surface area contributed by atoms with Gasteiger partial charge in [-0.3, -0.25) is 0 Å². The monoisotopic (exact) mass is 333 g/mol. The number of ether oxygens (including phenoxy) is 1. The zero-order valence-corrected chi connectivity index (χ0v) is 14.0. The summed E-state index contributed by atoms with van der Waals surface area (Å²) >= 11 is 1.74. The first-order valence-corrected chi connectivity index (χ1v) is 9.40. The molecule has 124 valence electrons. The van der Waals surface area contributed by atoms with Crippen LogP contribution in [0.2, 0.25) is 0 Å². The van der Waals surface area contributed by atoms with Gasteiger partial charge in [0.1, 0.15) is 23.5 Å². The van der Waals surface area contributed by atoms with Crippen molar-refractivity contribution >= 4 is 21.6 Å². The third-order valence-corrected chi connectivity index (χ3v) is 6.23. The van der Waals surface area contributed by atoms with Crippen molar-refractivity contribution < 1.29 is 9.84 Å². The summed E-state index contributed by atoms with van der Waals surface area (Å²) in [5.41, 5.74) is 6.90. The Morgan fingerprint density at radius 1 is 1.26 bits per heavy atom. The molecule has 0 aromatic carbocycles. The molecular formula is C17H23N3O2S. The molecule has 0 amide bonds. The van der Waals surface area contributed by atoms with Crippen LogP contribution in [0.25, 0.3) is 10.2 Å². The second-order valence-electron chi connectivity index (χ2n) is 6.71. The van der Waals surface area contributed by atoms with Gasteiger partial charge in [-0.25, -0.2) is 9.97 Å². The zero-order valence-electron chi connectivity index (χ0n) is 13.2. The van der Waals surface area contributed by atoms with Crippen LogP contribution in [0.15, 0.2) is 6.33 Å². The van der Waals surface area contributed by atoms with Gasteiger partial charge in [0.15, 0.2) is 0 Å². The zero-order chi connectivity index (χ0) is 15.8. The van der Waals surface area contributed by atoms with Gasteiger partial charge in [-0.05, 0) is 56.4 Å². The van der Waals surface area contributed by atoms with Crippen LogP contribution in [0.3, 0.4) is 0 Å². The van der Waals surface area contributed by atoms with Gasteiger partial charge in [0, 0.05) is 4.88 Å². The third-order valence-electron chi connectivity index (χ3n) is 5.05. The number of thiophene rings is 1. The quantitative estimate of drug-likeness (QED) is 0.840. The van der Waals surface area contributed by atoms with Gasteiger partial charge in [-0.1, -0.05) is 6.42 Å². The second kappa shape index (κ2) is 6.34. The number of aryl methyl sites for hydroxylation is 1. The molecule has 2 aromatic heterocycles. The van der Waals surface area contributed by atoms with E-state index in [0.29, 0.717) is 12.3 Å². The third kappa shape index (κ3) is 2.95. The molecule has 0 saturated heterocycles. The lowest BCUT2D eigenvalue weighted by atomic mass is 9.96. The maximum Gasteiger partial charge on any atom is 0.225 e. The summed E-state index contributed by atoms with van der Waals surface area (Å²) < 4.78 is 6.27. The van der Waals surface area contributed by atoms with Crippen molar-refractivity contribution in [1.29, 1.82) is 0 Å². The Hall–Kier alpha value is -1.24.